The van der Waals surface area contributed by atoms with Crippen molar-refractivity contribution in [2.24, 2.45) is 0 Å². The van der Waals surface area contributed by atoms with Gasteiger partial charge in [-0.1, -0.05) is 28.1 Å². The molecule has 0 spiro atoms. The van der Waals surface area contributed by atoms with Gasteiger partial charge in [-0.3, -0.25) is 14.9 Å². The quantitative estimate of drug-likeness (QED) is 0.288. The number of carbonyl (C=O) groups excluding carboxylic acids is 1. The van der Waals surface area contributed by atoms with E-state index in [0.29, 0.717) is 11.3 Å². The predicted molar refractivity (Wildman–Crippen MR) is 111 cm³/mol. The number of non-ortho nitro benzene ring substituents is 1. The van der Waals surface area contributed by atoms with Crippen molar-refractivity contribution in [1.82, 2.24) is 0 Å². The summed E-state index contributed by atoms with van der Waals surface area (Å²) in [6.07, 6.45) is 0. The van der Waals surface area contributed by atoms with Gasteiger partial charge in [0.1, 0.15) is 0 Å². The maximum absolute atomic E-state index is 12.4. The molecule has 0 fully saturated rings. The summed E-state index contributed by atoms with van der Waals surface area (Å²) in [6, 6.07) is 20.7. The molecule has 1 amide bonds. The average Bonchev–Trinajstić information content (AvgIpc) is 2.68. The smallest absolute Gasteiger partial charge is 0.271 e. The molecule has 0 aliphatic heterocycles. The Morgan fingerprint density at radius 1 is 0.963 bits per heavy atom. The number of amides is 1. The van der Waals surface area contributed by atoms with Crippen LogP contribution in [0.4, 0.5) is 17.1 Å². The van der Waals surface area contributed by atoms with Crippen molar-refractivity contribution >= 4 is 50.8 Å². The summed E-state index contributed by atoms with van der Waals surface area (Å²) in [6.45, 7) is 0. The fourth-order valence-electron chi connectivity index (χ4n) is 2.24. The van der Waals surface area contributed by atoms with Crippen LogP contribution in [0.15, 0.2) is 82.2 Å². The zero-order valence-corrected chi connectivity index (χ0v) is 16.3. The average molecular weight is 444 g/mol. The zero-order chi connectivity index (χ0) is 19.2. The number of nitro benzene ring substituents is 1. The highest BCUT2D eigenvalue weighted by atomic mass is 79.9. The number of halogens is 1. The maximum atomic E-state index is 12.4. The summed E-state index contributed by atoms with van der Waals surface area (Å²) < 4.78 is 4.21. The summed E-state index contributed by atoms with van der Waals surface area (Å²) in [5, 5.41) is 13.5. The second-order valence-corrected chi connectivity index (χ2v) is 7.30. The second kappa shape index (κ2) is 8.70. The minimum Gasteiger partial charge on any atom is -0.326 e. The zero-order valence-electron chi connectivity index (χ0n) is 13.9. The van der Waals surface area contributed by atoms with Gasteiger partial charge in [0.2, 0.25) is 0 Å². The van der Waals surface area contributed by atoms with Crippen molar-refractivity contribution in [2.75, 3.05) is 10.0 Å². The fraction of sp³-hybridized carbons (Fsp3) is 0. The van der Waals surface area contributed by atoms with Gasteiger partial charge in [0.25, 0.3) is 11.6 Å². The predicted octanol–water partition coefficient (Wildman–Crippen LogP) is 5.73. The highest BCUT2D eigenvalue weighted by Gasteiger charge is 2.10. The number of nitro groups is 1. The van der Waals surface area contributed by atoms with E-state index in [1.807, 2.05) is 30.3 Å². The molecule has 0 aliphatic rings. The molecule has 136 valence electrons. The Bertz CT molecular complexity index is 980. The highest BCUT2D eigenvalue weighted by Crippen LogP contribution is 2.24. The van der Waals surface area contributed by atoms with E-state index in [2.05, 4.69) is 26.0 Å². The number of rotatable bonds is 6. The molecular formula is C19H14BrN3O3S. The first-order valence-electron chi connectivity index (χ1n) is 7.85. The standard InChI is InChI=1S/C19H14BrN3O3S/c20-14-7-9-15(10-8-14)22-27-18-6-1-3-13(11-18)19(24)21-16-4-2-5-17(12-16)23(25)26/h1-12,22H,(H,21,24). The van der Waals surface area contributed by atoms with Crippen molar-refractivity contribution < 1.29 is 9.72 Å². The lowest BCUT2D eigenvalue weighted by atomic mass is 10.2. The molecule has 3 rings (SSSR count). The number of nitrogens with one attached hydrogen (secondary N) is 2. The molecule has 8 heteroatoms. The first-order chi connectivity index (χ1) is 13.0. The minimum atomic E-state index is -0.499. The van der Waals surface area contributed by atoms with Crippen molar-refractivity contribution in [3.63, 3.8) is 0 Å². The van der Waals surface area contributed by atoms with Gasteiger partial charge in [0, 0.05) is 38.4 Å². The molecule has 0 aliphatic carbocycles. The largest absolute Gasteiger partial charge is 0.326 e. The Kier molecular flexibility index (Phi) is 6.10. The van der Waals surface area contributed by atoms with Crippen LogP contribution in [0.1, 0.15) is 10.4 Å². The van der Waals surface area contributed by atoms with Crippen LogP contribution in [0.5, 0.6) is 0 Å². The monoisotopic (exact) mass is 443 g/mol. The van der Waals surface area contributed by atoms with E-state index < -0.39 is 4.92 Å². The molecule has 0 unspecified atom stereocenters. The fourth-order valence-corrected chi connectivity index (χ4v) is 3.21. The minimum absolute atomic E-state index is 0.0733. The van der Waals surface area contributed by atoms with Crippen LogP contribution >= 0.6 is 27.9 Å². The Morgan fingerprint density at radius 2 is 1.70 bits per heavy atom. The first kappa shape index (κ1) is 18.9. The molecule has 0 aromatic heterocycles. The van der Waals surface area contributed by atoms with Crippen molar-refractivity contribution in [3.8, 4) is 0 Å². The molecule has 2 N–H and O–H groups in total. The number of nitrogens with zero attached hydrogens (tertiary/aromatic N) is 1. The van der Waals surface area contributed by atoms with Gasteiger partial charge in [-0.15, -0.1) is 0 Å². The van der Waals surface area contributed by atoms with Crippen molar-refractivity contribution in [3.05, 3.63) is 92.9 Å². The van der Waals surface area contributed by atoms with Gasteiger partial charge in [0.15, 0.2) is 0 Å². The molecular weight excluding hydrogens is 430 g/mol. The number of hydrogen-bond donors (Lipinski definition) is 2. The SMILES string of the molecule is O=C(Nc1cccc([N+](=O)[O-])c1)c1cccc(SNc2ccc(Br)cc2)c1. The third kappa shape index (κ3) is 5.32. The number of carbonyl (C=O) groups is 1. The van der Waals surface area contributed by atoms with Gasteiger partial charge in [-0.25, -0.2) is 0 Å². The van der Waals surface area contributed by atoms with Gasteiger partial charge in [-0.2, -0.15) is 0 Å². The van der Waals surface area contributed by atoms with Crippen LogP contribution < -0.4 is 10.0 Å². The molecule has 3 aromatic carbocycles. The Morgan fingerprint density at radius 3 is 2.44 bits per heavy atom. The molecule has 0 heterocycles. The number of anilines is 2. The summed E-state index contributed by atoms with van der Waals surface area (Å²) in [5.41, 5.74) is 1.70. The van der Waals surface area contributed by atoms with Gasteiger partial charge < -0.3 is 10.0 Å². The Labute approximate surface area is 168 Å². The van der Waals surface area contributed by atoms with E-state index in [4.69, 9.17) is 0 Å². The number of hydrogen-bond acceptors (Lipinski definition) is 5. The topological polar surface area (TPSA) is 84.3 Å². The summed E-state index contributed by atoms with van der Waals surface area (Å²) >= 11 is 4.78. The molecule has 0 atom stereocenters. The van der Waals surface area contributed by atoms with E-state index in [1.54, 1.807) is 24.3 Å². The molecule has 6 nitrogen and oxygen atoms in total. The van der Waals surface area contributed by atoms with E-state index in [1.165, 1.54) is 30.1 Å². The van der Waals surface area contributed by atoms with E-state index in [9.17, 15) is 14.9 Å². The molecule has 0 bridgehead atoms. The Hall–Kier alpha value is -2.84. The summed E-state index contributed by atoms with van der Waals surface area (Å²) in [4.78, 5) is 23.7. The highest BCUT2D eigenvalue weighted by molar-refractivity contribution is 9.10. The van der Waals surface area contributed by atoms with Gasteiger partial charge in [0.05, 0.1) is 4.92 Å². The maximum Gasteiger partial charge on any atom is 0.271 e. The molecule has 0 saturated heterocycles. The van der Waals surface area contributed by atoms with Crippen molar-refractivity contribution in [2.45, 2.75) is 4.90 Å². The van der Waals surface area contributed by atoms with E-state index in [0.717, 1.165) is 15.1 Å². The van der Waals surface area contributed by atoms with Crippen LogP contribution in [-0.2, 0) is 0 Å². The Balaban J connectivity index is 1.67. The summed E-state index contributed by atoms with van der Waals surface area (Å²) in [7, 11) is 0. The normalized spacial score (nSPS) is 10.3. The molecule has 0 saturated carbocycles. The van der Waals surface area contributed by atoms with Crippen LogP contribution in [-0.4, -0.2) is 10.8 Å². The van der Waals surface area contributed by atoms with Gasteiger partial charge >= 0.3 is 0 Å². The third-order valence-electron chi connectivity index (χ3n) is 3.54. The molecule has 3 aromatic rings. The molecule has 0 radical (unpaired) electrons. The van der Waals surface area contributed by atoms with Crippen LogP contribution in [0.25, 0.3) is 0 Å². The summed E-state index contributed by atoms with van der Waals surface area (Å²) in [5.74, 6) is -0.332. The lowest BCUT2D eigenvalue weighted by Gasteiger charge is -2.08. The van der Waals surface area contributed by atoms with E-state index >= 15 is 0 Å². The number of benzene rings is 3. The van der Waals surface area contributed by atoms with Crippen LogP contribution in [0.3, 0.4) is 0 Å². The van der Waals surface area contributed by atoms with E-state index in [-0.39, 0.29) is 11.6 Å². The van der Waals surface area contributed by atoms with Gasteiger partial charge in [-0.05, 0) is 60.5 Å². The van der Waals surface area contributed by atoms with Crippen LogP contribution in [0.2, 0.25) is 0 Å². The third-order valence-corrected chi connectivity index (χ3v) is 4.90. The first-order valence-corrected chi connectivity index (χ1v) is 9.46. The van der Waals surface area contributed by atoms with Crippen LogP contribution in [0, 0.1) is 10.1 Å². The lowest BCUT2D eigenvalue weighted by molar-refractivity contribution is -0.384. The van der Waals surface area contributed by atoms with Crippen molar-refractivity contribution in [1.29, 1.82) is 0 Å². The second-order valence-electron chi connectivity index (χ2n) is 5.50. The lowest BCUT2D eigenvalue weighted by Crippen LogP contribution is -2.12. The molecule has 27 heavy (non-hydrogen) atoms.